The highest BCUT2D eigenvalue weighted by Gasteiger charge is 2.54. The number of aliphatic hydroxyl groups excluding tert-OH is 4. The van der Waals surface area contributed by atoms with Crippen molar-refractivity contribution < 1.29 is 146 Å². The van der Waals surface area contributed by atoms with E-state index in [1.54, 1.807) is 21.0 Å². The fourth-order valence-corrected chi connectivity index (χ4v) is 18.3. The van der Waals surface area contributed by atoms with Gasteiger partial charge in [-0.3, -0.25) is 62.0 Å². The molecule has 6 aliphatic rings. The third-order valence-corrected chi connectivity index (χ3v) is 26.0. The fraction of sp³-hybridized carbons (Fsp3) is 0.553. The lowest BCUT2D eigenvalue weighted by molar-refractivity contribution is -0.257. The number of nitrogens with one attached hydrogen (secondary N) is 2. The molecule has 4 aliphatic carbocycles. The number of aromatic nitrogens is 9. The third kappa shape index (κ3) is 30.1. The molecule has 4 aromatic carbocycles. The lowest BCUT2D eigenvalue weighted by atomic mass is 9.72. The number of terminal acetylenes is 3. The second kappa shape index (κ2) is 54.0. The molecule has 0 saturated carbocycles. The predicted octanol–water partition coefficient (Wildman–Crippen LogP) is 5.81. The molecule has 2 fully saturated rings. The average Bonchev–Trinajstić information content (AvgIpc) is 1.30. The quantitative estimate of drug-likeness (QED) is 0.00535. The highest BCUT2D eigenvalue weighted by Crippen LogP contribution is 2.56. The van der Waals surface area contributed by atoms with Crippen molar-refractivity contribution in [1.29, 1.82) is 0 Å². The molecular weight excluding hydrogens is 1910 g/mol. The molecule has 12 atom stereocenters. The van der Waals surface area contributed by atoms with Gasteiger partial charge in [-0.2, -0.15) is 0 Å². The molecule has 2 saturated heterocycles. The summed E-state index contributed by atoms with van der Waals surface area (Å²) in [5.41, 5.74) is 3.08. The van der Waals surface area contributed by atoms with Crippen molar-refractivity contribution in [2.24, 2.45) is 49.4 Å². The van der Waals surface area contributed by atoms with Crippen molar-refractivity contribution in [3.63, 3.8) is 0 Å². The van der Waals surface area contributed by atoms with E-state index in [1.165, 1.54) is 57.5 Å². The van der Waals surface area contributed by atoms with Gasteiger partial charge in [-0.25, -0.2) is 0 Å². The zero-order valence-corrected chi connectivity index (χ0v) is 84.0. The topological polar surface area (TPSA) is 630 Å². The first-order chi connectivity index (χ1) is 70.1. The van der Waals surface area contributed by atoms with Gasteiger partial charge in [0.1, 0.15) is 70.5 Å². The van der Waals surface area contributed by atoms with Crippen LogP contribution in [-0.4, -0.2) is 302 Å². The number of carbonyl (C=O) groups is 10. The Bertz CT molecular complexity index is 5980. The van der Waals surface area contributed by atoms with Crippen LogP contribution in [0.2, 0.25) is 0 Å². The largest absolute Gasteiger partial charge is 0.507 e. The Morgan fingerprint density at radius 3 is 1.33 bits per heavy atom. The number of aliphatic hydroxyl groups is 6. The molecule has 12 N–H and O–H groups in total. The number of ether oxygens (including phenoxy) is 10. The molecule has 792 valence electrons. The van der Waals surface area contributed by atoms with Crippen LogP contribution in [0.3, 0.4) is 0 Å². The Morgan fingerprint density at radius 1 is 0.565 bits per heavy atom. The molecule has 0 radical (unpaired) electrons. The number of phenolic OH excluding ortho intramolecular Hbond substituents is 4. The number of Topliss-reactive ketones (excluding diaryl/α,β-unsaturated/α-hetero) is 4. The van der Waals surface area contributed by atoms with Crippen LogP contribution in [0.5, 0.6) is 34.5 Å². The molecule has 2 amide bonds. The Labute approximate surface area is 849 Å². The number of carbonyl (C=O) groups excluding carboxylic acids is 10. The van der Waals surface area contributed by atoms with E-state index in [0.29, 0.717) is 19.8 Å². The second-order valence-electron chi connectivity index (χ2n) is 38.0. The van der Waals surface area contributed by atoms with Gasteiger partial charge in [-0.05, 0) is 68.0 Å². The summed E-state index contributed by atoms with van der Waals surface area (Å²) in [6.45, 7) is 10.8. The van der Waals surface area contributed by atoms with Crippen molar-refractivity contribution >= 4 is 58.1 Å². The number of amides is 2. The number of nitrogens with zero attached hydrogens (tertiary/aromatic N) is 12. The number of fused-ring (bicyclic) bond motifs is 6. The first-order valence-corrected chi connectivity index (χ1v) is 48.3. The number of aryl methyl sites for hydroxylation is 3. The minimum atomic E-state index is -2.35. The zero-order chi connectivity index (χ0) is 107. The van der Waals surface area contributed by atoms with Crippen LogP contribution < -0.4 is 20.1 Å². The maximum Gasteiger partial charge on any atom is 0.220 e. The number of rotatable bonds is 46. The highest BCUT2D eigenvalue weighted by molar-refractivity contribution is 6.32. The SMILES string of the molecule is C#CCCC(C#C)CCC#C.COc1cccc2c1C(=O)c1c(O)c3c(c(O)c1C2=O)C[C@@](O)(C(=O)CO)C[C@@H]3OC1C[C@H](CC(=O)CCC(=O)NCCOCCOCCC(C)(C)C)[C@H](O)[C@H](C)O1.COc1cccc2c1C(=O)c1c(O)c3c(c(O)c1C2=O)C[C@@](O)(C(=O)CO)C[C@@H]3OC1C[C@H](CC(=O)CCC(=O)NCCOCCOCCN=[N+]=[N-])[C@H](O)[C@H](C)O1.Cn1cc(CC(Cc2cn(C)nn2)c2cn(C)nn2)nn1. The van der Waals surface area contributed by atoms with Crippen LogP contribution in [0.1, 0.15) is 252 Å². The summed E-state index contributed by atoms with van der Waals surface area (Å²) in [6, 6.07) is 8.61. The molecule has 5 heterocycles. The highest BCUT2D eigenvalue weighted by atomic mass is 16.7. The molecule has 2 aliphatic heterocycles. The first-order valence-electron chi connectivity index (χ1n) is 48.3. The zero-order valence-electron chi connectivity index (χ0n) is 84.0. The van der Waals surface area contributed by atoms with Crippen molar-refractivity contribution in [2.75, 3.05) is 99.9 Å². The number of azide groups is 1. The normalized spacial score (nSPS) is 21.0. The van der Waals surface area contributed by atoms with Gasteiger partial charge < -0.3 is 109 Å². The summed E-state index contributed by atoms with van der Waals surface area (Å²) in [6.07, 6.45) is 14.3. The maximum atomic E-state index is 13.9. The van der Waals surface area contributed by atoms with Crippen molar-refractivity contribution in [2.45, 2.75) is 223 Å². The van der Waals surface area contributed by atoms with Crippen LogP contribution in [0.25, 0.3) is 10.4 Å². The molecule has 3 aromatic heterocycles. The van der Waals surface area contributed by atoms with E-state index in [9.17, 15) is 99.0 Å². The van der Waals surface area contributed by atoms with Gasteiger partial charge in [0.2, 0.25) is 23.4 Å². The van der Waals surface area contributed by atoms with Crippen LogP contribution in [-0.2, 0) is 113 Å². The molecule has 13 rings (SSSR count). The fourth-order valence-electron chi connectivity index (χ4n) is 18.3. The van der Waals surface area contributed by atoms with Crippen LogP contribution in [0.15, 0.2) is 60.1 Å². The van der Waals surface area contributed by atoms with E-state index in [4.69, 9.17) is 72.2 Å². The van der Waals surface area contributed by atoms with Gasteiger partial charge in [0.25, 0.3) is 0 Å². The predicted molar refractivity (Wildman–Crippen MR) is 521 cm³/mol. The summed E-state index contributed by atoms with van der Waals surface area (Å²) in [7, 11) is 8.18. The Balaban J connectivity index is 0.000000231. The molecule has 0 spiro atoms. The van der Waals surface area contributed by atoms with Gasteiger partial charge in [0.05, 0.1) is 148 Å². The Hall–Kier alpha value is -13.2. The maximum absolute atomic E-state index is 13.9. The molecule has 0 bridgehead atoms. The monoisotopic (exact) mass is 2040 g/mol. The molecule has 44 heteroatoms. The van der Waals surface area contributed by atoms with Gasteiger partial charge in [0.15, 0.2) is 35.7 Å². The number of hydrogen-bond donors (Lipinski definition) is 12. The van der Waals surface area contributed by atoms with E-state index in [0.717, 1.165) is 62.0 Å². The van der Waals surface area contributed by atoms with Crippen molar-refractivity contribution in [3.8, 4) is 71.5 Å². The summed E-state index contributed by atoms with van der Waals surface area (Å²) in [5, 5.41) is 144. The Morgan fingerprint density at radius 2 is 0.966 bits per heavy atom. The van der Waals surface area contributed by atoms with E-state index >= 15 is 0 Å². The number of phenols is 4. The number of ketones is 8. The van der Waals surface area contributed by atoms with Crippen molar-refractivity contribution in [1.82, 2.24) is 55.6 Å². The second-order valence-corrected chi connectivity index (χ2v) is 38.0. The molecular formula is C103H130N14O30. The molecule has 147 heavy (non-hydrogen) atoms. The summed E-state index contributed by atoms with van der Waals surface area (Å²) in [5.74, 6) is -2.74. The number of hydrogen-bond acceptors (Lipinski definition) is 37. The average molecular weight is 2040 g/mol. The lowest BCUT2D eigenvalue weighted by Gasteiger charge is -2.42. The smallest absolute Gasteiger partial charge is 0.220 e. The standard InChI is InChI=1S/C42H55NO15.C38H46N4O15.C12H17N9.C11H12/c1-22-36(48)23(17-24(45)9-10-30(47)43-12-14-56-16-15-55-13-11-41(2,3)4)18-31(57-22)58-28-20-42(53,29(46)21-44)19-26-33(28)40(52)35-34(38(26)50)37(49)25-7-6-8-27(54-5)32(25)39(35)51;1-19-33(47)20(14-21(44)6-7-27(46)40-8-10-54-12-13-55-11-9-41-42-39)15-28(56-19)57-25-17-38(52,26(45)18-43)16-23-30(25)37(51)32-31(35(23)49)34(48)22-4-3-5-24(53-2)29(22)36(32)50;1-19-6-10(13-16-19)4-9(12-8-21(3)18-15-12)5-11-7-20(2)17-14-11;1-4-7-9-11(6-3)10-8-5-2/h6-8,22-23,28,31,36,44,48,50,52-53H,9-21H2,1-5H3,(H,43,47);3-5,19-20,25,28,33,43,47,49,51-52H,6-18H2,1-2H3,(H,40,46);6-9H,4-5H2,1-3H3;1-3,11H,7-10H2/t22-,23-,28-,31?,36+,42-;19-,20-,25-,28?,33+,38-;;/m00../s1. The summed E-state index contributed by atoms with van der Waals surface area (Å²) in [4.78, 5) is 135. The van der Waals surface area contributed by atoms with E-state index in [2.05, 4.69) is 90.1 Å². The van der Waals surface area contributed by atoms with Crippen LogP contribution in [0.4, 0.5) is 0 Å². The van der Waals surface area contributed by atoms with Gasteiger partial charge in [-0.15, -0.1) is 52.3 Å². The molecule has 44 nitrogen and oxygen atoms in total. The third-order valence-electron chi connectivity index (χ3n) is 26.0. The van der Waals surface area contributed by atoms with Crippen LogP contribution in [0, 0.1) is 60.2 Å². The van der Waals surface area contributed by atoms with E-state index in [1.807, 2.05) is 39.7 Å². The number of aromatic hydroxyl groups is 4. The number of methoxy groups -OCH3 is 2. The molecule has 7 aromatic rings. The van der Waals surface area contributed by atoms with Crippen molar-refractivity contribution in [3.05, 3.63) is 149 Å². The van der Waals surface area contributed by atoms with Gasteiger partial charge >= 0.3 is 0 Å². The Kier molecular flexibility index (Phi) is 42.5. The van der Waals surface area contributed by atoms with Gasteiger partial charge in [0, 0.05) is 219 Å². The summed E-state index contributed by atoms with van der Waals surface area (Å²) >= 11 is 0. The van der Waals surface area contributed by atoms with E-state index in [-0.39, 0.29) is 201 Å². The minimum absolute atomic E-state index is 0.0534. The van der Waals surface area contributed by atoms with Gasteiger partial charge in [-0.1, -0.05) is 65.8 Å². The minimum Gasteiger partial charge on any atom is -0.507 e. The molecule has 2 unspecified atom stereocenters. The van der Waals surface area contributed by atoms with Crippen LogP contribution >= 0.6 is 0 Å². The first kappa shape index (κ1) is 116. The number of benzene rings is 4. The van der Waals surface area contributed by atoms with E-state index < -0.39 is 191 Å². The summed E-state index contributed by atoms with van der Waals surface area (Å²) < 4.78 is 61.7. The lowest BCUT2D eigenvalue weighted by Crippen LogP contribution is -2.49.